The summed E-state index contributed by atoms with van der Waals surface area (Å²) in [6.45, 7) is 8.15. The maximum absolute atomic E-state index is 12.5. The highest BCUT2D eigenvalue weighted by molar-refractivity contribution is 7.89. The summed E-state index contributed by atoms with van der Waals surface area (Å²) in [5.41, 5.74) is 0. The molecule has 1 saturated carbocycles. The molecule has 5 heteroatoms. The summed E-state index contributed by atoms with van der Waals surface area (Å²) in [6.07, 6.45) is 5.12. The number of nitrogens with zero attached hydrogens (tertiary/aromatic N) is 1. The number of unbranched alkanes of at least 4 members (excludes halogenated alkanes) is 1. The summed E-state index contributed by atoms with van der Waals surface area (Å²) >= 11 is 0. The van der Waals surface area contributed by atoms with E-state index in [1.807, 2.05) is 6.92 Å². The van der Waals surface area contributed by atoms with Crippen LogP contribution in [0.25, 0.3) is 0 Å². The van der Waals surface area contributed by atoms with Crippen LogP contribution in [0.2, 0.25) is 0 Å². The molecule has 0 aliphatic heterocycles. The summed E-state index contributed by atoms with van der Waals surface area (Å²) < 4.78 is 26.8. The van der Waals surface area contributed by atoms with Crippen LogP contribution in [0.4, 0.5) is 0 Å². The Kier molecular flexibility index (Phi) is 6.60. The van der Waals surface area contributed by atoms with Gasteiger partial charge in [-0.3, -0.25) is 0 Å². The predicted molar refractivity (Wildman–Crippen MR) is 76.2 cm³/mol. The monoisotopic (exact) mass is 276 g/mol. The van der Waals surface area contributed by atoms with Crippen molar-refractivity contribution in [3.8, 4) is 0 Å². The minimum absolute atomic E-state index is 0.287. The lowest BCUT2D eigenvalue weighted by Crippen LogP contribution is -2.43. The second-order valence-electron chi connectivity index (χ2n) is 5.26. The van der Waals surface area contributed by atoms with E-state index in [-0.39, 0.29) is 11.3 Å². The van der Waals surface area contributed by atoms with Crippen LogP contribution in [-0.2, 0) is 10.0 Å². The van der Waals surface area contributed by atoms with E-state index in [2.05, 4.69) is 19.2 Å². The van der Waals surface area contributed by atoms with Crippen LogP contribution >= 0.6 is 0 Å². The van der Waals surface area contributed by atoms with Gasteiger partial charge in [-0.2, -0.15) is 4.31 Å². The first-order chi connectivity index (χ1) is 8.54. The van der Waals surface area contributed by atoms with Crippen molar-refractivity contribution < 1.29 is 8.42 Å². The molecule has 1 aliphatic carbocycles. The number of nitrogens with one attached hydrogen (secondary N) is 1. The largest absolute Gasteiger partial charge is 0.315 e. The molecule has 4 nitrogen and oxygen atoms in total. The Labute approximate surface area is 112 Å². The third kappa shape index (κ3) is 4.52. The number of sulfonamides is 1. The fourth-order valence-electron chi connectivity index (χ4n) is 2.01. The van der Waals surface area contributed by atoms with Crippen molar-refractivity contribution in [1.82, 2.24) is 9.62 Å². The first-order valence-corrected chi connectivity index (χ1v) is 8.75. The van der Waals surface area contributed by atoms with Crippen LogP contribution < -0.4 is 5.32 Å². The van der Waals surface area contributed by atoms with Gasteiger partial charge in [0.05, 0.1) is 5.25 Å². The van der Waals surface area contributed by atoms with Gasteiger partial charge in [-0.25, -0.2) is 8.42 Å². The van der Waals surface area contributed by atoms with Gasteiger partial charge in [0.25, 0.3) is 0 Å². The molecular formula is C13H28N2O2S. The van der Waals surface area contributed by atoms with E-state index in [9.17, 15) is 8.42 Å². The fourth-order valence-corrected chi connectivity index (χ4v) is 3.81. The van der Waals surface area contributed by atoms with Crippen molar-refractivity contribution in [3.05, 3.63) is 0 Å². The summed E-state index contributed by atoms with van der Waals surface area (Å²) in [5, 5.41) is 2.89. The molecular weight excluding hydrogens is 248 g/mol. The molecule has 0 bridgehead atoms. The molecule has 0 heterocycles. The number of rotatable bonds is 10. The predicted octanol–water partition coefficient (Wildman–Crippen LogP) is 1.97. The zero-order chi connectivity index (χ0) is 13.6. The first kappa shape index (κ1) is 15.9. The van der Waals surface area contributed by atoms with Crippen LogP contribution in [0.1, 0.15) is 52.9 Å². The number of hydrogen-bond acceptors (Lipinski definition) is 3. The molecule has 1 unspecified atom stereocenters. The molecule has 1 fully saturated rings. The van der Waals surface area contributed by atoms with Crippen LogP contribution in [0, 0.1) is 0 Å². The Bertz CT molecular complexity index is 326. The Morgan fingerprint density at radius 1 is 1.28 bits per heavy atom. The molecule has 0 radical (unpaired) electrons. The zero-order valence-corrected chi connectivity index (χ0v) is 12.8. The van der Waals surface area contributed by atoms with Gasteiger partial charge in [-0.15, -0.1) is 0 Å². The fraction of sp³-hybridized carbons (Fsp3) is 1.00. The smallest absolute Gasteiger partial charge is 0.218 e. The van der Waals surface area contributed by atoms with E-state index in [1.54, 1.807) is 4.31 Å². The summed E-state index contributed by atoms with van der Waals surface area (Å²) in [5.74, 6) is 0. The maximum Gasteiger partial charge on any atom is 0.218 e. The zero-order valence-electron chi connectivity index (χ0n) is 12.0. The molecule has 1 atom stereocenters. The SMILES string of the molecule is CCCCN(C1CC1)S(=O)(=O)C(C)CNCCC. The lowest BCUT2D eigenvalue weighted by atomic mass is 10.3. The molecule has 18 heavy (non-hydrogen) atoms. The molecule has 0 saturated heterocycles. The minimum atomic E-state index is -3.12. The second-order valence-corrected chi connectivity index (χ2v) is 7.56. The molecule has 108 valence electrons. The Morgan fingerprint density at radius 3 is 2.44 bits per heavy atom. The van der Waals surface area contributed by atoms with E-state index in [0.717, 1.165) is 38.6 Å². The van der Waals surface area contributed by atoms with Crippen molar-refractivity contribution in [3.63, 3.8) is 0 Å². The topological polar surface area (TPSA) is 49.4 Å². The first-order valence-electron chi connectivity index (χ1n) is 7.25. The van der Waals surface area contributed by atoms with Gasteiger partial charge in [0, 0.05) is 19.1 Å². The molecule has 1 rings (SSSR count). The van der Waals surface area contributed by atoms with Crippen molar-refractivity contribution >= 4 is 10.0 Å². The van der Waals surface area contributed by atoms with Gasteiger partial charge < -0.3 is 5.32 Å². The minimum Gasteiger partial charge on any atom is -0.315 e. The van der Waals surface area contributed by atoms with Gasteiger partial charge in [0.2, 0.25) is 10.0 Å². The van der Waals surface area contributed by atoms with Crippen molar-refractivity contribution in [2.45, 2.75) is 64.2 Å². The van der Waals surface area contributed by atoms with E-state index in [1.165, 1.54) is 0 Å². The lowest BCUT2D eigenvalue weighted by Gasteiger charge is -2.25. The normalized spacial score (nSPS) is 18.2. The molecule has 0 aromatic carbocycles. The van der Waals surface area contributed by atoms with Gasteiger partial charge in [0.1, 0.15) is 0 Å². The third-order valence-corrected chi connectivity index (χ3v) is 5.70. The van der Waals surface area contributed by atoms with E-state index in [0.29, 0.717) is 13.1 Å². The molecule has 0 spiro atoms. The maximum atomic E-state index is 12.5. The Balaban J connectivity index is 2.56. The molecule has 0 amide bonds. The van der Waals surface area contributed by atoms with Crippen molar-refractivity contribution in [1.29, 1.82) is 0 Å². The molecule has 1 aliphatic rings. The third-order valence-electron chi connectivity index (χ3n) is 3.38. The standard InChI is InChI=1S/C13H28N2O2S/c1-4-6-10-15(13-7-8-13)18(16,17)12(3)11-14-9-5-2/h12-14H,4-11H2,1-3H3. The van der Waals surface area contributed by atoms with Gasteiger partial charge in [-0.05, 0) is 39.2 Å². The Hall–Kier alpha value is -0.130. The highest BCUT2D eigenvalue weighted by atomic mass is 32.2. The highest BCUT2D eigenvalue weighted by Crippen LogP contribution is 2.30. The summed E-state index contributed by atoms with van der Waals surface area (Å²) in [4.78, 5) is 0. The number of hydrogen-bond donors (Lipinski definition) is 1. The molecule has 0 aromatic rings. The van der Waals surface area contributed by atoms with E-state index >= 15 is 0 Å². The van der Waals surface area contributed by atoms with Gasteiger partial charge >= 0.3 is 0 Å². The van der Waals surface area contributed by atoms with E-state index < -0.39 is 10.0 Å². The summed E-state index contributed by atoms with van der Waals surface area (Å²) in [7, 11) is -3.12. The lowest BCUT2D eigenvalue weighted by molar-refractivity contribution is 0.388. The van der Waals surface area contributed by atoms with Crippen LogP contribution in [0.5, 0.6) is 0 Å². The molecule has 0 aromatic heterocycles. The second kappa shape index (κ2) is 7.46. The average Bonchev–Trinajstić information content (AvgIpc) is 3.14. The van der Waals surface area contributed by atoms with Crippen LogP contribution in [0.15, 0.2) is 0 Å². The quantitative estimate of drug-likeness (QED) is 0.621. The highest BCUT2D eigenvalue weighted by Gasteiger charge is 2.39. The van der Waals surface area contributed by atoms with Crippen molar-refractivity contribution in [2.75, 3.05) is 19.6 Å². The van der Waals surface area contributed by atoms with Gasteiger partial charge in [-0.1, -0.05) is 20.3 Å². The van der Waals surface area contributed by atoms with Crippen molar-refractivity contribution in [2.24, 2.45) is 0 Å². The summed E-state index contributed by atoms with van der Waals surface area (Å²) in [6, 6.07) is 0.287. The molecule has 1 N–H and O–H groups in total. The van der Waals surface area contributed by atoms with Crippen LogP contribution in [-0.4, -0.2) is 43.6 Å². The average molecular weight is 276 g/mol. The van der Waals surface area contributed by atoms with E-state index in [4.69, 9.17) is 0 Å². The van der Waals surface area contributed by atoms with Gasteiger partial charge in [0.15, 0.2) is 0 Å². The van der Waals surface area contributed by atoms with Crippen LogP contribution in [0.3, 0.4) is 0 Å². The Morgan fingerprint density at radius 2 is 1.94 bits per heavy atom.